The molecule has 0 saturated heterocycles. The van der Waals surface area contributed by atoms with Crippen LogP contribution >= 0.6 is 0 Å². The van der Waals surface area contributed by atoms with Crippen LogP contribution in [0.15, 0.2) is 48.7 Å². The van der Waals surface area contributed by atoms with Gasteiger partial charge in [0.15, 0.2) is 6.61 Å². The first-order valence-corrected chi connectivity index (χ1v) is 5.42. The maximum Gasteiger partial charge on any atom is 0.231 e. The Morgan fingerprint density at radius 3 is 2.50 bits per heavy atom. The van der Waals surface area contributed by atoms with E-state index in [2.05, 4.69) is 25.1 Å². The van der Waals surface area contributed by atoms with Crippen molar-refractivity contribution in [3.63, 3.8) is 0 Å². The Kier molecular flexibility index (Phi) is 3.20. The van der Waals surface area contributed by atoms with E-state index in [4.69, 9.17) is 4.84 Å². The second-order valence-corrected chi connectivity index (χ2v) is 3.93. The predicted molar refractivity (Wildman–Crippen MR) is 62.8 cm³/mol. The first kappa shape index (κ1) is 10.7. The zero-order chi connectivity index (χ0) is 11.4. The molecule has 1 aromatic heterocycles. The summed E-state index contributed by atoms with van der Waals surface area (Å²) in [5.41, 5.74) is 3.53. The number of aromatic nitrogens is 1. The molecule has 0 fully saturated rings. The van der Waals surface area contributed by atoms with Crippen molar-refractivity contribution in [2.45, 2.75) is 20.5 Å². The Hall–Kier alpha value is -1.83. The fraction of sp³-hybridized carbons (Fsp3) is 0.214. The SMILES string of the molecule is Cc1cc[n+](OCc2ccccc2)c(C)c1. The molecule has 1 aromatic carbocycles. The highest BCUT2D eigenvalue weighted by Crippen LogP contribution is 1.99. The van der Waals surface area contributed by atoms with E-state index >= 15 is 0 Å². The topological polar surface area (TPSA) is 13.1 Å². The molecular formula is C14H16NO+. The van der Waals surface area contributed by atoms with Gasteiger partial charge in [-0.3, -0.25) is 4.84 Å². The van der Waals surface area contributed by atoms with Crippen molar-refractivity contribution in [3.8, 4) is 0 Å². The average Bonchev–Trinajstić information content (AvgIpc) is 2.29. The summed E-state index contributed by atoms with van der Waals surface area (Å²) < 4.78 is 1.81. The van der Waals surface area contributed by atoms with Crippen molar-refractivity contribution >= 4 is 0 Å². The van der Waals surface area contributed by atoms with Crippen molar-refractivity contribution in [1.82, 2.24) is 0 Å². The Morgan fingerprint density at radius 1 is 1.06 bits per heavy atom. The van der Waals surface area contributed by atoms with E-state index in [1.54, 1.807) is 4.73 Å². The smallest absolute Gasteiger partial charge is 0.231 e. The second kappa shape index (κ2) is 4.79. The summed E-state index contributed by atoms with van der Waals surface area (Å²) in [6.45, 7) is 4.71. The van der Waals surface area contributed by atoms with Gasteiger partial charge in [-0.2, -0.15) is 0 Å². The number of hydrogen-bond acceptors (Lipinski definition) is 1. The highest BCUT2D eigenvalue weighted by Gasteiger charge is 2.07. The molecule has 0 atom stereocenters. The van der Waals surface area contributed by atoms with Crippen LogP contribution in [0.2, 0.25) is 0 Å². The minimum Gasteiger partial charge on any atom is -0.266 e. The summed E-state index contributed by atoms with van der Waals surface area (Å²) in [4.78, 5) is 5.69. The maximum absolute atomic E-state index is 5.69. The molecule has 0 unspecified atom stereocenters. The molecule has 0 N–H and O–H groups in total. The fourth-order valence-electron chi connectivity index (χ4n) is 1.61. The molecule has 0 aliphatic heterocycles. The number of pyridine rings is 1. The van der Waals surface area contributed by atoms with Crippen LogP contribution in [0.5, 0.6) is 0 Å². The minimum absolute atomic E-state index is 0.593. The molecule has 2 aromatic rings. The predicted octanol–water partition coefficient (Wildman–Crippen LogP) is 2.22. The summed E-state index contributed by atoms with van der Waals surface area (Å²) >= 11 is 0. The molecule has 16 heavy (non-hydrogen) atoms. The third-order valence-corrected chi connectivity index (χ3v) is 2.47. The minimum atomic E-state index is 0.593. The van der Waals surface area contributed by atoms with E-state index in [0.717, 1.165) is 5.69 Å². The lowest BCUT2D eigenvalue weighted by Gasteiger charge is -2.01. The third-order valence-electron chi connectivity index (χ3n) is 2.47. The molecule has 2 heteroatoms. The Bertz CT molecular complexity index is 465. The molecule has 0 aliphatic carbocycles. The van der Waals surface area contributed by atoms with Gasteiger partial charge in [0.05, 0.1) is 0 Å². The first-order chi connectivity index (χ1) is 7.75. The van der Waals surface area contributed by atoms with Gasteiger partial charge in [-0.15, -0.1) is 0 Å². The van der Waals surface area contributed by atoms with Gasteiger partial charge in [0.2, 0.25) is 11.9 Å². The molecule has 0 aliphatic rings. The lowest BCUT2D eigenvalue weighted by molar-refractivity contribution is -0.899. The van der Waals surface area contributed by atoms with Gasteiger partial charge in [-0.1, -0.05) is 30.3 Å². The van der Waals surface area contributed by atoms with Crippen molar-refractivity contribution in [2.75, 3.05) is 0 Å². The van der Waals surface area contributed by atoms with Gasteiger partial charge < -0.3 is 0 Å². The van der Waals surface area contributed by atoms with Gasteiger partial charge in [0.25, 0.3) is 0 Å². The zero-order valence-corrected chi connectivity index (χ0v) is 9.68. The lowest BCUT2D eigenvalue weighted by Crippen LogP contribution is -2.44. The quantitative estimate of drug-likeness (QED) is 0.714. The van der Waals surface area contributed by atoms with Crippen molar-refractivity contribution in [2.24, 2.45) is 0 Å². The summed E-state index contributed by atoms with van der Waals surface area (Å²) in [5.74, 6) is 0. The summed E-state index contributed by atoms with van der Waals surface area (Å²) in [6, 6.07) is 14.3. The van der Waals surface area contributed by atoms with E-state index in [0.29, 0.717) is 6.61 Å². The normalized spacial score (nSPS) is 10.1. The Labute approximate surface area is 96.1 Å². The number of aryl methyl sites for hydroxylation is 2. The van der Waals surface area contributed by atoms with Crippen molar-refractivity contribution in [3.05, 3.63) is 65.5 Å². The third kappa shape index (κ3) is 2.60. The van der Waals surface area contributed by atoms with Gasteiger partial charge >= 0.3 is 0 Å². The highest BCUT2D eigenvalue weighted by atomic mass is 16.7. The first-order valence-electron chi connectivity index (χ1n) is 5.42. The highest BCUT2D eigenvalue weighted by molar-refractivity contribution is 5.13. The molecular weight excluding hydrogens is 198 g/mol. The standard InChI is InChI=1S/C14H16NO/c1-12-8-9-15(13(2)10-12)16-11-14-6-4-3-5-7-14/h3-10H,11H2,1-2H3/q+1. The van der Waals surface area contributed by atoms with Crippen LogP contribution in [-0.4, -0.2) is 0 Å². The van der Waals surface area contributed by atoms with Gasteiger partial charge in [0.1, 0.15) is 0 Å². The van der Waals surface area contributed by atoms with E-state index < -0.39 is 0 Å². The van der Waals surface area contributed by atoms with Crippen LogP contribution in [0.1, 0.15) is 16.8 Å². The van der Waals surface area contributed by atoms with Crippen molar-refractivity contribution in [1.29, 1.82) is 0 Å². The number of benzene rings is 1. The molecule has 0 spiro atoms. The van der Waals surface area contributed by atoms with Crippen LogP contribution in [-0.2, 0) is 6.61 Å². The van der Waals surface area contributed by atoms with E-state index in [1.807, 2.05) is 37.4 Å². The summed E-state index contributed by atoms with van der Waals surface area (Å²) in [7, 11) is 0. The van der Waals surface area contributed by atoms with Crippen LogP contribution in [0.25, 0.3) is 0 Å². The lowest BCUT2D eigenvalue weighted by atomic mass is 10.2. The van der Waals surface area contributed by atoms with Gasteiger partial charge in [-0.25, -0.2) is 0 Å². The van der Waals surface area contributed by atoms with Crippen LogP contribution < -0.4 is 9.57 Å². The Balaban J connectivity index is 2.05. The molecule has 2 nitrogen and oxygen atoms in total. The molecule has 2 rings (SSSR count). The molecule has 0 amide bonds. The van der Waals surface area contributed by atoms with Crippen LogP contribution in [0.3, 0.4) is 0 Å². The number of nitrogens with zero attached hydrogens (tertiary/aromatic N) is 1. The monoisotopic (exact) mass is 214 g/mol. The van der Waals surface area contributed by atoms with Crippen LogP contribution in [0, 0.1) is 13.8 Å². The Morgan fingerprint density at radius 2 is 1.81 bits per heavy atom. The maximum atomic E-state index is 5.69. The molecule has 0 bridgehead atoms. The molecule has 1 heterocycles. The van der Waals surface area contributed by atoms with Crippen LogP contribution in [0.4, 0.5) is 0 Å². The number of hydrogen-bond donors (Lipinski definition) is 0. The fourth-order valence-corrected chi connectivity index (χ4v) is 1.61. The van der Waals surface area contributed by atoms with E-state index in [-0.39, 0.29) is 0 Å². The second-order valence-electron chi connectivity index (χ2n) is 3.93. The molecule has 0 radical (unpaired) electrons. The van der Waals surface area contributed by atoms with E-state index in [9.17, 15) is 0 Å². The largest absolute Gasteiger partial charge is 0.266 e. The van der Waals surface area contributed by atoms with Gasteiger partial charge in [-0.05, 0) is 18.1 Å². The van der Waals surface area contributed by atoms with E-state index in [1.165, 1.54) is 11.1 Å². The number of rotatable bonds is 3. The van der Waals surface area contributed by atoms with Crippen molar-refractivity contribution < 1.29 is 9.57 Å². The van der Waals surface area contributed by atoms with Gasteiger partial charge in [0, 0.05) is 23.8 Å². The molecule has 0 saturated carbocycles. The summed E-state index contributed by atoms with van der Waals surface area (Å²) in [5, 5.41) is 0. The average molecular weight is 214 g/mol. The zero-order valence-electron chi connectivity index (χ0n) is 9.68. The molecule has 82 valence electrons. The summed E-state index contributed by atoms with van der Waals surface area (Å²) in [6.07, 6.45) is 1.95.